The third-order valence-electron chi connectivity index (χ3n) is 1.98. The van der Waals surface area contributed by atoms with Gasteiger partial charge in [0.2, 0.25) is 0 Å². The van der Waals surface area contributed by atoms with Gasteiger partial charge >= 0.3 is 5.97 Å². The molecule has 0 radical (unpaired) electrons. The first kappa shape index (κ1) is 13.4. The summed E-state index contributed by atoms with van der Waals surface area (Å²) in [4.78, 5) is 15.5. The van der Waals surface area contributed by atoms with E-state index in [1.54, 1.807) is 11.8 Å². The van der Waals surface area contributed by atoms with Crippen molar-refractivity contribution in [2.45, 2.75) is 31.0 Å². The molecule has 1 heterocycles. The van der Waals surface area contributed by atoms with Crippen LogP contribution < -0.4 is 0 Å². The summed E-state index contributed by atoms with van der Waals surface area (Å²) in [5.74, 6) is 1.31. The summed E-state index contributed by atoms with van der Waals surface area (Å²) in [5, 5.41) is 0. The molecule has 1 rings (SSSR count). The van der Waals surface area contributed by atoms with Gasteiger partial charge in [0, 0.05) is 12.2 Å². The van der Waals surface area contributed by atoms with Crippen LogP contribution in [0.2, 0.25) is 0 Å². The minimum absolute atomic E-state index is 0.103. The van der Waals surface area contributed by atoms with Gasteiger partial charge in [-0.2, -0.15) is 4.37 Å². The van der Waals surface area contributed by atoms with Crippen molar-refractivity contribution in [1.82, 2.24) is 9.36 Å². The average molecular weight is 260 g/mol. The molecule has 0 saturated heterocycles. The normalized spacial score (nSPS) is 12.4. The molecule has 0 amide bonds. The highest BCUT2D eigenvalue weighted by molar-refractivity contribution is 8.00. The third kappa shape index (κ3) is 4.09. The Morgan fingerprint density at radius 2 is 2.38 bits per heavy atom. The van der Waals surface area contributed by atoms with E-state index in [1.807, 2.05) is 6.92 Å². The minimum Gasteiger partial charge on any atom is -0.469 e. The zero-order valence-corrected chi connectivity index (χ0v) is 11.4. The molecule has 1 aromatic rings. The fourth-order valence-corrected chi connectivity index (χ4v) is 2.77. The summed E-state index contributed by atoms with van der Waals surface area (Å²) in [6.07, 6.45) is 1.98. The summed E-state index contributed by atoms with van der Waals surface area (Å²) >= 11 is 2.96. The van der Waals surface area contributed by atoms with Crippen LogP contribution in [0.4, 0.5) is 0 Å². The van der Waals surface area contributed by atoms with E-state index in [1.165, 1.54) is 18.6 Å². The van der Waals surface area contributed by atoms with Gasteiger partial charge in [0.15, 0.2) is 4.34 Å². The number of ether oxygens (including phenoxy) is 1. The molecule has 16 heavy (non-hydrogen) atoms. The molecule has 4 nitrogen and oxygen atoms in total. The van der Waals surface area contributed by atoms with Crippen molar-refractivity contribution in [2.75, 3.05) is 12.9 Å². The molecule has 0 aliphatic rings. The minimum atomic E-state index is -0.175. The van der Waals surface area contributed by atoms with Crippen LogP contribution >= 0.6 is 23.3 Å². The number of hydrogen-bond donors (Lipinski definition) is 0. The Balaban J connectivity index is 2.39. The van der Waals surface area contributed by atoms with Crippen LogP contribution in [0, 0.1) is 5.92 Å². The molecule has 0 bridgehead atoms. The van der Waals surface area contributed by atoms with Gasteiger partial charge in [-0.1, -0.05) is 25.6 Å². The molecule has 1 aromatic heterocycles. The predicted molar refractivity (Wildman–Crippen MR) is 65.8 cm³/mol. The van der Waals surface area contributed by atoms with E-state index in [-0.39, 0.29) is 11.9 Å². The Morgan fingerprint density at radius 1 is 1.62 bits per heavy atom. The lowest BCUT2D eigenvalue weighted by Gasteiger charge is -2.06. The van der Waals surface area contributed by atoms with Gasteiger partial charge < -0.3 is 4.74 Å². The first-order chi connectivity index (χ1) is 7.67. The van der Waals surface area contributed by atoms with Crippen molar-refractivity contribution >= 4 is 29.3 Å². The first-order valence-electron chi connectivity index (χ1n) is 5.20. The van der Waals surface area contributed by atoms with Gasteiger partial charge in [0.05, 0.1) is 13.0 Å². The maximum absolute atomic E-state index is 11.2. The monoisotopic (exact) mass is 260 g/mol. The zero-order valence-electron chi connectivity index (χ0n) is 9.73. The lowest BCUT2D eigenvalue weighted by Crippen LogP contribution is -2.14. The average Bonchev–Trinajstić information content (AvgIpc) is 2.73. The Hall–Kier alpha value is -0.620. The number of carbonyl (C=O) groups excluding carboxylic acids is 1. The van der Waals surface area contributed by atoms with Gasteiger partial charge in [0.25, 0.3) is 0 Å². The second-order valence-corrected chi connectivity index (χ2v) is 5.48. The van der Waals surface area contributed by atoms with Crippen LogP contribution in [0.3, 0.4) is 0 Å². The summed E-state index contributed by atoms with van der Waals surface area (Å²) < 4.78 is 9.83. The highest BCUT2D eigenvalue weighted by Gasteiger charge is 2.14. The van der Waals surface area contributed by atoms with E-state index in [9.17, 15) is 4.79 Å². The molecule has 0 aliphatic carbocycles. The van der Waals surface area contributed by atoms with E-state index >= 15 is 0 Å². The lowest BCUT2D eigenvalue weighted by atomic mass is 10.2. The molecule has 0 aromatic carbocycles. The Bertz CT molecular complexity index is 341. The molecule has 0 fully saturated rings. The van der Waals surface area contributed by atoms with E-state index in [2.05, 4.69) is 21.0 Å². The second-order valence-electron chi connectivity index (χ2n) is 3.46. The van der Waals surface area contributed by atoms with E-state index in [4.69, 9.17) is 0 Å². The molecular formula is C10H16N2O2S2. The number of nitrogens with zero attached hydrogens (tertiary/aromatic N) is 2. The van der Waals surface area contributed by atoms with Gasteiger partial charge in [-0.25, -0.2) is 4.98 Å². The number of carbonyl (C=O) groups is 1. The van der Waals surface area contributed by atoms with E-state index in [0.29, 0.717) is 5.75 Å². The van der Waals surface area contributed by atoms with Gasteiger partial charge in [-0.3, -0.25) is 4.79 Å². The summed E-state index contributed by atoms with van der Waals surface area (Å²) in [5.41, 5.74) is 0. The molecule has 1 unspecified atom stereocenters. The third-order valence-corrected chi connectivity index (χ3v) is 4.11. The number of aryl methyl sites for hydroxylation is 1. The zero-order chi connectivity index (χ0) is 12.0. The quantitative estimate of drug-likeness (QED) is 0.580. The number of thioether (sulfide) groups is 1. The van der Waals surface area contributed by atoms with Crippen molar-refractivity contribution in [2.24, 2.45) is 5.92 Å². The SMILES string of the molecule is CCCc1nsc(SCC(C)C(=O)OC)n1. The fraction of sp³-hybridized carbons (Fsp3) is 0.700. The fourth-order valence-electron chi connectivity index (χ4n) is 1.09. The molecule has 0 N–H and O–H groups in total. The maximum atomic E-state index is 11.2. The number of rotatable bonds is 6. The summed E-state index contributed by atoms with van der Waals surface area (Å²) in [6, 6.07) is 0. The molecule has 90 valence electrons. The second kappa shape index (κ2) is 6.85. The van der Waals surface area contributed by atoms with Crippen molar-refractivity contribution in [3.8, 4) is 0 Å². The molecule has 1 atom stereocenters. The smallest absolute Gasteiger partial charge is 0.309 e. The predicted octanol–water partition coefficient (Wildman–Crippen LogP) is 2.39. The van der Waals surface area contributed by atoms with Gasteiger partial charge in [0.1, 0.15) is 5.82 Å². The molecule has 0 saturated carbocycles. The molecular weight excluding hydrogens is 244 g/mol. The lowest BCUT2D eigenvalue weighted by molar-refractivity contribution is -0.143. The molecule has 6 heteroatoms. The number of hydrogen-bond acceptors (Lipinski definition) is 6. The van der Waals surface area contributed by atoms with Gasteiger partial charge in [-0.15, -0.1) is 0 Å². The van der Waals surface area contributed by atoms with Crippen molar-refractivity contribution < 1.29 is 9.53 Å². The van der Waals surface area contributed by atoms with Crippen LogP contribution in [-0.2, 0) is 16.0 Å². The Labute approximate surface area is 104 Å². The Kier molecular flexibility index (Phi) is 5.76. The number of aromatic nitrogens is 2. The van der Waals surface area contributed by atoms with E-state index in [0.717, 1.165) is 23.0 Å². The summed E-state index contributed by atoms with van der Waals surface area (Å²) in [7, 11) is 1.41. The van der Waals surface area contributed by atoms with Crippen LogP contribution in [0.15, 0.2) is 4.34 Å². The van der Waals surface area contributed by atoms with Crippen molar-refractivity contribution in [1.29, 1.82) is 0 Å². The van der Waals surface area contributed by atoms with Crippen LogP contribution in [0.25, 0.3) is 0 Å². The Morgan fingerprint density at radius 3 is 3.00 bits per heavy atom. The van der Waals surface area contributed by atoms with Crippen molar-refractivity contribution in [3.05, 3.63) is 5.82 Å². The largest absolute Gasteiger partial charge is 0.469 e. The van der Waals surface area contributed by atoms with Crippen LogP contribution in [0.1, 0.15) is 26.1 Å². The maximum Gasteiger partial charge on any atom is 0.309 e. The summed E-state index contributed by atoms with van der Waals surface area (Å²) in [6.45, 7) is 3.96. The highest BCUT2D eigenvalue weighted by atomic mass is 32.2. The standard InChI is InChI=1S/C10H16N2O2S2/c1-4-5-8-11-10(16-12-8)15-6-7(2)9(13)14-3/h7H,4-6H2,1-3H3. The van der Waals surface area contributed by atoms with Crippen LogP contribution in [0.5, 0.6) is 0 Å². The number of esters is 1. The number of methoxy groups -OCH3 is 1. The topological polar surface area (TPSA) is 52.1 Å². The van der Waals surface area contributed by atoms with E-state index < -0.39 is 0 Å². The van der Waals surface area contributed by atoms with Crippen molar-refractivity contribution in [3.63, 3.8) is 0 Å². The first-order valence-corrected chi connectivity index (χ1v) is 6.96. The van der Waals surface area contributed by atoms with Gasteiger partial charge in [-0.05, 0) is 18.0 Å². The molecule has 0 aliphatic heterocycles. The highest BCUT2D eigenvalue weighted by Crippen LogP contribution is 2.23. The molecule has 0 spiro atoms. The van der Waals surface area contributed by atoms with Crippen LogP contribution in [-0.4, -0.2) is 28.2 Å².